The average Bonchev–Trinajstić information content (AvgIpc) is 1.62. The molecule has 4 aromatic rings. The molecule has 4 fully saturated rings. The van der Waals surface area contributed by atoms with Crippen molar-refractivity contribution in [3.05, 3.63) is 78.5 Å². The molecule has 5 aliphatic rings. The van der Waals surface area contributed by atoms with Crippen LogP contribution in [0.5, 0.6) is 0 Å². The van der Waals surface area contributed by atoms with E-state index in [0.29, 0.717) is 219 Å². The van der Waals surface area contributed by atoms with Crippen LogP contribution in [0.3, 0.4) is 0 Å². The maximum Gasteiger partial charge on any atom is 0.329 e. The first-order valence-corrected chi connectivity index (χ1v) is 47.2. The number of Topliss-reactive ketones (excluding diaryl/α,β-unsaturated/α-hetero) is 3. The number of ether oxygens (including phenoxy) is 16. The van der Waals surface area contributed by atoms with Crippen LogP contribution in [0.2, 0.25) is 0 Å². The summed E-state index contributed by atoms with van der Waals surface area (Å²) < 4.78 is 90.5. The summed E-state index contributed by atoms with van der Waals surface area (Å²) >= 11 is 0. The number of carbonyl (C=O) groups excluding carboxylic acids is 7. The van der Waals surface area contributed by atoms with Crippen molar-refractivity contribution in [3.8, 4) is 11.3 Å². The number of nitrogens with zero attached hydrogens (tertiary/aromatic N) is 7. The Balaban J connectivity index is 0.000000325. The predicted molar refractivity (Wildman–Crippen MR) is 493 cm³/mol. The minimum absolute atomic E-state index is 0.00669. The van der Waals surface area contributed by atoms with Crippen molar-refractivity contribution in [1.29, 1.82) is 0 Å². The molecule has 8 heterocycles. The number of allylic oxidation sites excluding steroid dienone is 6. The monoisotopic (exact) mass is 1840 g/mol. The standard InChI is InChI=1S/C56H87NO15.C25H32N8O4.C16H34O6/c1-34-18-13-12-14-19-35(2)46(67-9)32-42-24-22-40(7)56(65,72-42)53(62)54(63)57-26-16-15-20-43(57)55(64)71-47(33-44(58)36(3)29-39(6)51(61)52(69-11)50(60)38(5)28-34)37(4)30-41-23-25-45(48(31-41)68-10)70-49(59)21-17-27-66-8;1-35-10-11-37-13-12-36-9-5-20(34)32-7-3-19(4-8-32)33-25-21(23(26)29-16-30-25)22(31-33)18-14-17-2-6-27-24(17)28-15-18;1-3-5-17-7-9-19-11-13-21-15-16-22-14-12-20-10-8-18-6-4-2/h12-14,18-19,29,34,36-38,40-43,45-48,51-52,61,65H,15-17,20-28,30-33H2,1-11H3;2,6,14-16,19H,3-5,7-13H2,1H3,(H,27,28)(H2,26,29,30);3-16H2,1-2H3/b14-12+,18-13+,35-19+,39-29+;;/t34-,36-,37-,38-,40-,41+,42+,43+,45-,46+,47+,48-,51-,52+,56-;;/m1../s1. The predicted octanol–water partition coefficient (Wildman–Crippen LogP) is 11.2. The van der Waals surface area contributed by atoms with Gasteiger partial charge in [0.25, 0.3) is 11.7 Å². The number of cyclic esters (lactones) is 1. The zero-order chi connectivity index (χ0) is 95.0. The number of H-pyrrole nitrogens is 1. The third kappa shape index (κ3) is 36.1. The summed E-state index contributed by atoms with van der Waals surface area (Å²) in [6, 6.07) is 2.93. The maximum absolute atomic E-state index is 14.5. The van der Waals surface area contributed by atoms with Crippen LogP contribution >= 0.6 is 0 Å². The first-order valence-electron chi connectivity index (χ1n) is 47.2. The minimum atomic E-state index is -2.45. The molecule has 3 saturated heterocycles. The van der Waals surface area contributed by atoms with E-state index >= 15 is 0 Å². The van der Waals surface area contributed by atoms with E-state index in [2.05, 4.69) is 33.8 Å². The number of aliphatic hydroxyl groups excluding tert-OH is 1. The van der Waals surface area contributed by atoms with Crippen molar-refractivity contribution >= 4 is 69.0 Å². The Morgan fingerprint density at radius 2 is 1.31 bits per heavy atom. The number of aromatic nitrogens is 6. The lowest BCUT2D eigenvalue weighted by Gasteiger charge is -2.42. The van der Waals surface area contributed by atoms with Gasteiger partial charge in [-0.15, -0.1) is 0 Å². The molecule has 15 atom stereocenters. The molecule has 4 aliphatic heterocycles. The second-order valence-corrected chi connectivity index (χ2v) is 34.8. The molecular formula is C97H153N9O25. The van der Waals surface area contributed by atoms with Gasteiger partial charge in [0.05, 0.1) is 135 Å². The zero-order valence-electron chi connectivity index (χ0n) is 80.3. The fraction of sp³-hybridized carbons (Fsp3) is 0.722. The van der Waals surface area contributed by atoms with E-state index in [-0.39, 0.29) is 79.1 Å². The largest absolute Gasteiger partial charge is 0.460 e. The number of hydrogen-bond donors (Lipinski definition) is 4. The van der Waals surface area contributed by atoms with Crippen LogP contribution in [0.25, 0.3) is 33.3 Å². The number of nitrogens with one attached hydrogen (secondary N) is 1. The third-order valence-corrected chi connectivity index (χ3v) is 24.6. The van der Waals surface area contributed by atoms with Crippen LogP contribution < -0.4 is 5.73 Å². The fourth-order valence-electron chi connectivity index (χ4n) is 17.0. The number of esters is 2. The van der Waals surface area contributed by atoms with Crippen molar-refractivity contribution in [1.82, 2.24) is 39.5 Å². The van der Waals surface area contributed by atoms with E-state index in [0.717, 1.165) is 66.5 Å². The minimum Gasteiger partial charge on any atom is -0.460 e. The molecule has 736 valence electrons. The Hall–Kier alpha value is -7.75. The highest BCUT2D eigenvalue weighted by molar-refractivity contribution is 6.39. The molecule has 0 aromatic carbocycles. The van der Waals surface area contributed by atoms with Gasteiger partial charge in [-0.3, -0.25) is 28.8 Å². The number of fused-ring (bicyclic) bond motifs is 5. The molecule has 2 amide bonds. The number of aliphatic hydroxyl groups is 2. The first-order chi connectivity index (χ1) is 63.2. The Kier molecular flexibility index (Phi) is 51.0. The highest BCUT2D eigenvalue weighted by Crippen LogP contribution is 2.40. The Bertz CT molecular complexity index is 4150. The Morgan fingerprint density at radius 1 is 0.672 bits per heavy atom. The number of rotatable bonds is 41. The summed E-state index contributed by atoms with van der Waals surface area (Å²) in [6.45, 7) is 28.7. The van der Waals surface area contributed by atoms with Gasteiger partial charge in [-0.1, -0.05) is 84.9 Å². The number of hydrogen-bond acceptors (Lipinski definition) is 30. The number of pyridine rings is 1. The molecule has 34 heteroatoms. The van der Waals surface area contributed by atoms with E-state index in [1.54, 1.807) is 61.5 Å². The van der Waals surface area contributed by atoms with Crippen molar-refractivity contribution in [3.63, 3.8) is 0 Å². The topological polar surface area (TPSA) is 412 Å². The lowest BCUT2D eigenvalue weighted by molar-refractivity contribution is -0.265. The summed E-state index contributed by atoms with van der Waals surface area (Å²) in [5, 5.41) is 30.2. The second-order valence-electron chi connectivity index (χ2n) is 34.8. The lowest BCUT2D eigenvalue weighted by atomic mass is 9.78. The molecule has 131 heavy (non-hydrogen) atoms. The van der Waals surface area contributed by atoms with E-state index < -0.39 is 83.9 Å². The second kappa shape index (κ2) is 60.6. The van der Waals surface area contributed by atoms with Crippen molar-refractivity contribution in [2.24, 2.45) is 35.5 Å². The summed E-state index contributed by atoms with van der Waals surface area (Å²) in [6.07, 6.45) is 20.8. The normalized spacial score (nSPS) is 26.7. The van der Waals surface area contributed by atoms with E-state index in [1.807, 2.05) is 86.0 Å². The van der Waals surface area contributed by atoms with E-state index in [4.69, 9.17) is 86.6 Å². The Morgan fingerprint density at radius 3 is 1.92 bits per heavy atom. The smallest absolute Gasteiger partial charge is 0.329 e. The molecular weight excluding hydrogens is 1690 g/mol. The van der Waals surface area contributed by atoms with Gasteiger partial charge >= 0.3 is 11.9 Å². The van der Waals surface area contributed by atoms with Crippen molar-refractivity contribution in [2.75, 3.05) is 180 Å². The van der Waals surface area contributed by atoms with Gasteiger partial charge in [-0.25, -0.2) is 24.4 Å². The van der Waals surface area contributed by atoms with Crippen LogP contribution in [0, 0.1) is 35.5 Å². The first kappa shape index (κ1) is 110. The third-order valence-electron chi connectivity index (χ3n) is 24.6. The molecule has 1 saturated carbocycles. The van der Waals surface area contributed by atoms with Gasteiger partial charge in [-0.05, 0) is 151 Å². The van der Waals surface area contributed by atoms with Gasteiger partial charge in [0, 0.05) is 135 Å². The lowest BCUT2D eigenvalue weighted by Crippen LogP contribution is -2.61. The highest BCUT2D eigenvalue weighted by atomic mass is 16.6. The number of piperidine rings is 2. The number of nitrogens with two attached hydrogens (primary N) is 1. The van der Waals surface area contributed by atoms with Crippen LogP contribution in [0.15, 0.2) is 78.5 Å². The molecule has 1 aliphatic carbocycles. The van der Waals surface area contributed by atoms with Crippen LogP contribution in [0.4, 0.5) is 5.82 Å². The highest BCUT2D eigenvalue weighted by Gasteiger charge is 2.53. The van der Waals surface area contributed by atoms with Crippen molar-refractivity contribution < 1.29 is 120 Å². The number of carbonyl (C=O) groups is 7. The number of anilines is 1. The van der Waals surface area contributed by atoms with Crippen LogP contribution in [-0.2, 0) is 109 Å². The molecule has 34 nitrogen and oxygen atoms in total. The number of likely N-dealkylation sites (tertiary alicyclic amines) is 1. The molecule has 0 spiro atoms. The SMILES string of the molecule is CCCOCCOCCOCCOCCOCCOCCC.COCCCC(=O)O[C@@H]1CC[C@@H](C[C@@H](C)[C@@H]2CC(=O)[C@H](C)/C=C(\C)[C@@H](O)[C@@H](OC)C(=O)[C@H](C)C[C@H](C)/C=C/C=C/C=C(\C)[C@@H](OC)C[C@@H]3CC[C@@H](C)[C@@](O)(O3)C(=O)C(=O)N3CCCC[C@H]3C(=O)O2)C[C@H]1OC.COCCOCCOCCC(=O)N1CCC(n2nc(-c3cnc4[nH]ccc4c3)c3c(N)ncnc32)CC1. The van der Waals surface area contributed by atoms with Crippen LogP contribution in [0.1, 0.15) is 190 Å². The van der Waals surface area contributed by atoms with Crippen molar-refractivity contribution in [2.45, 2.75) is 245 Å². The van der Waals surface area contributed by atoms with E-state index in [9.17, 15) is 43.8 Å². The maximum atomic E-state index is 14.5. The number of methoxy groups -OCH3 is 5. The van der Waals surface area contributed by atoms with Gasteiger partial charge in [0.1, 0.15) is 59.7 Å². The number of ketones is 3. The number of nitrogen functional groups attached to an aromatic ring is 1. The van der Waals surface area contributed by atoms with Gasteiger partial charge in [0.2, 0.25) is 11.7 Å². The molecule has 9 rings (SSSR count). The molecule has 0 unspecified atom stereocenters. The average molecular weight is 1850 g/mol. The molecule has 5 N–H and O–H groups in total. The molecule has 0 radical (unpaired) electrons. The quantitative estimate of drug-likeness (QED) is 0.0139. The number of amides is 2. The summed E-state index contributed by atoms with van der Waals surface area (Å²) in [7, 11) is 7.74. The van der Waals surface area contributed by atoms with Crippen LogP contribution in [-0.4, -0.2) is 319 Å². The Labute approximate surface area is 774 Å². The van der Waals surface area contributed by atoms with Gasteiger partial charge in [0.15, 0.2) is 11.4 Å². The summed E-state index contributed by atoms with van der Waals surface area (Å²) in [5.74, 6) is -8.07. The summed E-state index contributed by atoms with van der Waals surface area (Å²) in [4.78, 5) is 116. The summed E-state index contributed by atoms with van der Waals surface area (Å²) in [5.41, 5.74) is 10.6. The molecule has 2 bridgehead atoms. The van der Waals surface area contributed by atoms with Gasteiger partial charge in [-0.2, -0.15) is 5.10 Å². The fourth-order valence-corrected chi connectivity index (χ4v) is 17.0. The zero-order valence-corrected chi connectivity index (χ0v) is 80.3. The molecule has 4 aromatic heterocycles. The number of aromatic amines is 1. The van der Waals surface area contributed by atoms with Gasteiger partial charge < -0.3 is 107 Å². The van der Waals surface area contributed by atoms with E-state index in [1.165, 1.54) is 18.3 Å².